The fourth-order valence-corrected chi connectivity index (χ4v) is 1.01. The lowest BCUT2D eigenvalue weighted by atomic mass is 10.1. The Hall–Kier alpha value is -1.48. The van der Waals surface area contributed by atoms with Crippen molar-refractivity contribution in [3.63, 3.8) is 0 Å². The van der Waals surface area contributed by atoms with Gasteiger partial charge in [-0.05, 0) is 11.6 Å². The maximum Gasteiger partial charge on any atom is 0.431 e. The van der Waals surface area contributed by atoms with Crippen molar-refractivity contribution in [3.05, 3.63) is 23.5 Å². The molecule has 1 unspecified atom stereocenters. The average molecular weight is 203 g/mol. The zero-order chi connectivity index (χ0) is 10.8. The van der Waals surface area contributed by atoms with Gasteiger partial charge in [0.1, 0.15) is 5.69 Å². The molecule has 0 radical (unpaired) electrons. The van der Waals surface area contributed by atoms with Crippen LogP contribution in [0.25, 0.3) is 0 Å². The summed E-state index contributed by atoms with van der Waals surface area (Å²) >= 11 is 0. The zero-order valence-electron chi connectivity index (χ0n) is 7.10. The molecule has 0 amide bonds. The van der Waals surface area contributed by atoms with E-state index < -0.39 is 17.9 Å². The van der Waals surface area contributed by atoms with Crippen molar-refractivity contribution in [2.45, 2.75) is 18.6 Å². The first-order chi connectivity index (χ1) is 6.45. The second kappa shape index (κ2) is 3.72. The van der Waals surface area contributed by atoms with Gasteiger partial charge in [0.15, 0.2) is 0 Å². The van der Waals surface area contributed by atoms with Gasteiger partial charge < -0.3 is 10.7 Å². The number of halogens is 3. The number of H-pyrrole nitrogens is 1. The summed E-state index contributed by atoms with van der Waals surface area (Å²) in [6.45, 7) is 0. The predicted molar refractivity (Wildman–Crippen MR) is 43.0 cm³/mol. The van der Waals surface area contributed by atoms with E-state index in [2.05, 4.69) is 4.98 Å². The molecule has 0 aliphatic carbocycles. The number of rotatable bonds is 2. The molecular weight excluding hydrogens is 195 g/mol. The molecule has 1 aromatic rings. The summed E-state index contributed by atoms with van der Waals surface area (Å²) in [6, 6.07) is 2.04. The Labute approximate surface area is 78.3 Å². The standard InChI is InChI=1S/C8H8F3N3/c9-8(10,11)7-3-5(4-14-7)6(13)1-2-12/h3-4,6,14H,1,13H2. The van der Waals surface area contributed by atoms with E-state index in [1.807, 2.05) is 0 Å². The molecule has 14 heavy (non-hydrogen) atoms. The van der Waals surface area contributed by atoms with Gasteiger partial charge in [-0.1, -0.05) is 0 Å². The number of hydrogen-bond acceptors (Lipinski definition) is 2. The van der Waals surface area contributed by atoms with Gasteiger partial charge in [0.25, 0.3) is 0 Å². The fourth-order valence-electron chi connectivity index (χ4n) is 1.01. The third kappa shape index (κ3) is 2.26. The summed E-state index contributed by atoms with van der Waals surface area (Å²) in [5.41, 5.74) is 4.90. The van der Waals surface area contributed by atoms with Crippen LogP contribution in [-0.2, 0) is 6.18 Å². The summed E-state index contributed by atoms with van der Waals surface area (Å²) in [5, 5.41) is 8.30. The number of nitrogens with one attached hydrogen (secondary N) is 1. The SMILES string of the molecule is N#CCC(N)c1c[nH]c(C(F)(F)F)c1. The Balaban J connectivity index is 2.84. The first-order valence-electron chi connectivity index (χ1n) is 3.83. The van der Waals surface area contributed by atoms with Crippen molar-refractivity contribution in [1.82, 2.24) is 4.98 Å². The molecule has 0 aliphatic heterocycles. The van der Waals surface area contributed by atoms with Crippen molar-refractivity contribution >= 4 is 0 Å². The Bertz CT molecular complexity index is 347. The summed E-state index contributed by atoms with van der Waals surface area (Å²) in [6.07, 6.45) is -3.23. The van der Waals surface area contributed by atoms with Crippen LogP contribution in [0.4, 0.5) is 13.2 Å². The third-order valence-electron chi connectivity index (χ3n) is 1.75. The molecule has 1 aromatic heterocycles. The van der Waals surface area contributed by atoms with Crippen molar-refractivity contribution in [1.29, 1.82) is 5.26 Å². The van der Waals surface area contributed by atoms with Gasteiger partial charge in [0.2, 0.25) is 0 Å². The third-order valence-corrected chi connectivity index (χ3v) is 1.75. The molecular formula is C8H8F3N3. The first kappa shape index (κ1) is 10.6. The van der Waals surface area contributed by atoms with Gasteiger partial charge >= 0.3 is 6.18 Å². The van der Waals surface area contributed by atoms with E-state index >= 15 is 0 Å². The zero-order valence-corrected chi connectivity index (χ0v) is 7.10. The molecule has 0 bridgehead atoms. The Morgan fingerprint density at radius 3 is 2.64 bits per heavy atom. The van der Waals surface area contributed by atoms with Crippen molar-refractivity contribution in [3.8, 4) is 6.07 Å². The predicted octanol–water partition coefficient (Wildman–Crippen LogP) is 1.95. The van der Waals surface area contributed by atoms with Crippen LogP contribution in [0.2, 0.25) is 0 Å². The number of alkyl halides is 3. The van der Waals surface area contributed by atoms with E-state index in [0.717, 1.165) is 6.07 Å². The lowest BCUT2D eigenvalue weighted by Gasteiger charge is -2.03. The second-order valence-electron chi connectivity index (χ2n) is 2.81. The molecule has 0 aliphatic rings. The van der Waals surface area contributed by atoms with E-state index in [1.54, 1.807) is 6.07 Å². The monoisotopic (exact) mass is 203 g/mol. The topological polar surface area (TPSA) is 65.6 Å². The van der Waals surface area contributed by atoms with Crippen LogP contribution in [0, 0.1) is 11.3 Å². The molecule has 6 heteroatoms. The molecule has 0 saturated heterocycles. The van der Waals surface area contributed by atoms with Gasteiger partial charge in [-0.25, -0.2) is 0 Å². The largest absolute Gasteiger partial charge is 0.431 e. The minimum absolute atomic E-state index is 0.00481. The lowest BCUT2D eigenvalue weighted by molar-refractivity contribution is -0.140. The molecule has 1 atom stereocenters. The quantitative estimate of drug-likeness (QED) is 0.771. The van der Waals surface area contributed by atoms with Crippen molar-refractivity contribution in [2.75, 3.05) is 0 Å². The van der Waals surface area contributed by atoms with Gasteiger partial charge in [-0.2, -0.15) is 18.4 Å². The lowest BCUT2D eigenvalue weighted by Crippen LogP contribution is -2.08. The Kier molecular flexibility index (Phi) is 2.81. The molecule has 1 heterocycles. The second-order valence-corrected chi connectivity index (χ2v) is 2.81. The summed E-state index contributed by atoms with van der Waals surface area (Å²) in [7, 11) is 0. The summed E-state index contributed by atoms with van der Waals surface area (Å²) < 4.78 is 36.3. The van der Waals surface area contributed by atoms with Crippen LogP contribution >= 0.6 is 0 Å². The van der Waals surface area contributed by atoms with E-state index in [0.29, 0.717) is 5.56 Å². The van der Waals surface area contributed by atoms with Crippen LogP contribution in [-0.4, -0.2) is 4.98 Å². The van der Waals surface area contributed by atoms with Crippen LogP contribution in [0.5, 0.6) is 0 Å². The van der Waals surface area contributed by atoms with E-state index in [1.165, 1.54) is 6.20 Å². The van der Waals surface area contributed by atoms with E-state index in [9.17, 15) is 13.2 Å². The van der Waals surface area contributed by atoms with E-state index in [4.69, 9.17) is 11.0 Å². The smallest absolute Gasteiger partial charge is 0.357 e. The highest BCUT2D eigenvalue weighted by Gasteiger charge is 2.32. The summed E-state index contributed by atoms with van der Waals surface area (Å²) in [4.78, 5) is 2.07. The molecule has 3 N–H and O–H groups in total. The molecule has 0 fully saturated rings. The molecule has 0 aromatic carbocycles. The molecule has 1 rings (SSSR count). The normalized spacial score (nSPS) is 13.6. The van der Waals surface area contributed by atoms with Crippen LogP contribution < -0.4 is 5.73 Å². The molecule has 0 saturated carbocycles. The highest BCUT2D eigenvalue weighted by atomic mass is 19.4. The van der Waals surface area contributed by atoms with Crippen molar-refractivity contribution in [2.24, 2.45) is 5.73 Å². The Morgan fingerprint density at radius 2 is 2.21 bits per heavy atom. The van der Waals surface area contributed by atoms with E-state index in [-0.39, 0.29) is 6.42 Å². The van der Waals surface area contributed by atoms with Gasteiger partial charge in [-0.3, -0.25) is 0 Å². The van der Waals surface area contributed by atoms with Crippen LogP contribution in [0.15, 0.2) is 12.3 Å². The summed E-state index contributed by atoms with van der Waals surface area (Å²) in [5.74, 6) is 0. The van der Waals surface area contributed by atoms with Gasteiger partial charge in [0, 0.05) is 12.2 Å². The highest BCUT2D eigenvalue weighted by Crippen LogP contribution is 2.29. The highest BCUT2D eigenvalue weighted by molar-refractivity contribution is 5.22. The van der Waals surface area contributed by atoms with Gasteiger partial charge in [-0.15, -0.1) is 0 Å². The number of aromatic amines is 1. The molecule has 0 spiro atoms. The maximum atomic E-state index is 12.1. The number of hydrogen-bond donors (Lipinski definition) is 2. The number of aromatic nitrogens is 1. The number of nitriles is 1. The molecule has 3 nitrogen and oxygen atoms in total. The first-order valence-corrected chi connectivity index (χ1v) is 3.83. The van der Waals surface area contributed by atoms with Crippen molar-refractivity contribution < 1.29 is 13.2 Å². The molecule has 76 valence electrons. The van der Waals surface area contributed by atoms with Crippen LogP contribution in [0.1, 0.15) is 23.7 Å². The number of nitrogens with two attached hydrogens (primary N) is 1. The number of nitrogens with zero attached hydrogens (tertiary/aromatic N) is 1. The Morgan fingerprint density at radius 1 is 1.57 bits per heavy atom. The minimum atomic E-state index is -4.40. The average Bonchev–Trinajstić information content (AvgIpc) is 2.51. The minimum Gasteiger partial charge on any atom is -0.357 e. The van der Waals surface area contributed by atoms with Gasteiger partial charge in [0.05, 0.1) is 12.5 Å². The maximum absolute atomic E-state index is 12.1. The fraction of sp³-hybridized carbons (Fsp3) is 0.375. The van der Waals surface area contributed by atoms with Crippen LogP contribution in [0.3, 0.4) is 0 Å².